The summed E-state index contributed by atoms with van der Waals surface area (Å²) in [5, 5.41) is 0. The van der Waals surface area contributed by atoms with Gasteiger partial charge in [0.25, 0.3) is 0 Å². The monoisotopic (exact) mass is 313 g/mol. The highest BCUT2D eigenvalue weighted by atomic mass is 15.2. The van der Waals surface area contributed by atoms with Gasteiger partial charge in [-0.15, -0.1) is 0 Å². The molecule has 2 rings (SSSR count). The minimum Gasteiger partial charge on any atom is -0.290 e. The van der Waals surface area contributed by atoms with Gasteiger partial charge < -0.3 is 0 Å². The summed E-state index contributed by atoms with van der Waals surface area (Å²) in [6.07, 6.45) is 0. The van der Waals surface area contributed by atoms with Gasteiger partial charge in [0.15, 0.2) is 0 Å². The van der Waals surface area contributed by atoms with Crippen LogP contribution in [0.2, 0.25) is 0 Å². The maximum Gasteiger partial charge on any atom is 0.0242 e. The highest BCUT2D eigenvalue weighted by Crippen LogP contribution is 2.20. The van der Waals surface area contributed by atoms with Crippen molar-refractivity contribution >= 4 is 0 Å². The molecule has 2 aromatic carbocycles. The Bertz CT molecular complexity index is 441. The van der Waals surface area contributed by atoms with Crippen LogP contribution in [0.5, 0.6) is 0 Å². The van der Waals surface area contributed by atoms with Gasteiger partial charge in [-0.1, -0.05) is 88.4 Å². The van der Waals surface area contributed by atoms with Crippen LogP contribution in [0.4, 0.5) is 0 Å². The first-order chi connectivity index (χ1) is 11.1. The third-order valence-corrected chi connectivity index (χ3v) is 3.38. The van der Waals surface area contributed by atoms with Crippen molar-refractivity contribution in [2.45, 2.75) is 67.1 Å². The predicted molar refractivity (Wildman–Crippen MR) is 105 cm³/mol. The summed E-state index contributed by atoms with van der Waals surface area (Å²) in [6, 6.07) is 21.4. The van der Waals surface area contributed by atoms with Crippen LogP contribution < -0.4 is 0 Å². The standard InChI is InChI=1S/C18H23N.2C2H6/c1-18(2,3)19(14-16-10-6-4-7-11-16)15-17-12-8-5-9-13-17;2*1-2/h4-13H,14-15H2,1-3H3;2*1-2H3. The molecule has 0 spiro atoms. The smallest absolute Gasteiger partial charge is 0.0242 e. The first-order valence-electron chi connectivity index (χ1n) is 8.88. The number of nitrogens with zero attached hydrogens (tertiary/aromatic N) is 1. The van der Waals surface area contributed by atoms with E-state index in [1.165, 1.54) is 11.1 Å². The summed E-state index contributed by atoms with van der Waals surface area (Å²) in [4.78, 5) is 2.51. The first-order valence-corrected chi connectivity index (χ1v) is 8.88. The molecule has 2 aromatic rings. The minimum absolute atomic E-state index is 0.158. The maximum absolute atomic E-state index is 2.51. The lowest BCUT2D eigenvalue weighted by molar-refractivity contribution is 0.118. The molecular weight excluding hydrogens is 278 g/mol. The zero-order chi connectivity index (χ0) is 17.7. The topological polar surface area (TPSA) is 3.24 Å². The van der Waals surface area contributed by atoms with E-state index >= 15 is 0 Å². The lowest BCUT2D eigenvalue weighted by Gasteiger charge is -2.36. The van der Waals surface area contributed by atoms with Crippen LogP contribution in [-0.4, -0.2) is 10.4 Å². The van der Waals surface area contributed by atoms with Crippen molar-refractivity contribution in [2.75, 3.05) is 0 Å². The Kier molecular flexibility index (Phi) is 11.1. The molecule has 0 heterocycles. The van der Waals surface area contributed by atoms with Crippen LogP contribution in [0.25, 0.3) is 0 Å². The Morgan fingerprint density at radius 2 is 0.913 bits per heavy atom. The van der Waals surface area contributed by atoms with Gasteiger partial charge in [-0.05, 0) is 31.9 Å². The van der Waals surface area contributed by atoms with E-state index in [-0.39, 0.29) is 5.54 Å². The molecule has 0 saturated heterocycles. The molecule has 1 nitrogen and oxygen atoms in total. The van der Waals surface area contributed by atoms with Gasteiger partial charge >= 0.3 is 0 Å². The van der Waals surface area contributed by atoms with Crippen molar-refractivity contribution < 1.29 is 0 Å². The number of hydrogen-bond donors (Lipinski definition) is 0. The second-order valence-electron chi connectivity index (χ2n) is 6.00. The SMILES string of the molecule is CC.CC.CC(C)(C)N(Cc1ccccc1)Cc1ccccc1. The van der Waals surface area contributed by atoms with E-state index in [9.17, 15) is 0 Å². The fourth-order valence-corrected chi connectivity index (χ4v) is 2.14. The second-order valence-corrected chi connectivity index (χ2v) is 6.00. The third-order valence-electron chi connectivity index (χ3n) is 3.38. The highest BCUT2D eigenvalue weighted by Gasteiger charge is 2.21. The summed E-state index contributed by atoms with van der Waals surface area (Å²) in [5.41, 5.74) is 2.90. The van der Waals surface area contributed by atoms with Gasteiger partial charge in [-0.2, -0.15) is 0 Å². The zero-order valence-electron chi connectivity index (χ0n) is 16.1. The van der Waals surface area contributed by atoms with Crippen LogP contribution in [0.1, 0.15) is 59.6 Å². The molecule has 0 fully saturated rings. The average Bonchev–Trinajstić information content (AvgIpc) is 2.59. The molecule has 0 bridgehead atoms. The molecule has 0 amide bonds. The quantitative estimate of drug-likeness (QED) is 0.619. The lowest BCUT2D eigenvalue weighted by Crippen LogP contribution is -2.40. The number of benzene rings is 2. The Labute approximate surface area is 144 Å². The molecule has 0 aliphatic heterocycles. The van der Waals surface area contributed by atoms with E-state index in [2.05, 4.69) is 86.3 Å². The predicted octanol–water partition coefficient (Wildman–Crippen LogP) is 6.54. The zero-order valence-corrected chi connectivity index (χ0v) is 16.1. The molecule has 0 saturated carbocycles. The maximum atomic E-state index is 2.51. The highest BCUT2D eigenvalue weighted by molar-refractivity contribution is 5.17. The lowest BCUT2D eigenvalue weighted by atomic mass is 10.0. The molecule has 0 unspecified atom stereocenters. The summed E-state index contributed by atoms with van der Waals surface area (Å²) < 4.78 is 0. The van der Waals surface area contributed by atoms with Crippen LogP contribution in [0.15, 0.2) is 60.7 Å². The van der Waals surface area contributed by atoms with E-state index in [4.69, 9.17) is 0 Å². The van der Waals surface area contributed by atoms with E-state index < -0.39 is 0 Å². The molecule has 1 heteroatoms. The normalized spacial score (nSPS) is 10.3. The van der Waals surface area contributed by atoms with Crippen LogP contribution in [-0.2, 0) is 13.1 Å². The molecule has 23 heavy (non-hydrogen) atoms. The average molecular weight is 314 g/mol. The van der Waals surface area contributed by atoms with Crippen molar-refractivity contribution in [3.05, 3.63) is 71.8 Å². The number of rotatable bonds is 4. The van der Waals surface area contributed by atoms with E-state index in [1.807, 2.05) is 27.7 Å². The summed E-state index contributed by atoms with van der Waals surface area (Å²) in [7, 11) is 0. The molecule has 0 atom stereocenters. The molecule has 0 aliphatic rings. The van der Waals surface area contributed by atoms with Crippen LogP contribution in [0, 0.1) is 0 Å². The van der Waals surface area contributed by atoms with Gasteiger partial charge in [0.05, 0.1) is 0 Å². The summed E-state index contributed by atoms with van der Waals surface area (Å²) in [6.45, 7) is 16.8. The summed E-state index contributed by atoms with van der Waals surface area (Å²) >= 11 is 0. The van der Waals surface area contributed by atoms with Crippen molar-refractivity contribution in [2.24, 2.45) is 0 Å². The van der Waals surface area contributed by atoms with Gasteiger partial charge in [0.2, 0.25) is 0 Å². The fraction of sp³-hybridized carbons (Fsp3) is 0.455. The summed E-state index contributed by atoms with van der Waals surface area (Å²) in [5.74, 6) is 0. The Balaban J connectivity index is 0.00000112. The number of hydrogen-bond acceptors (Lipinski definition) is 1. The van der Waals surface area contributed by atoms with E-state index in [1.54, 1.807) is 0 Å². The molecule has 0 radical (unpaired) electrons. The van der Waals surface area contributed by atoms with Crippen molar-refractivity contribution in [1.29, 1.82) is 0 Å². The van der Waals surface area contributed by atoms with Crippen LogP contribution in [0.3, 0.4) is 0 Å². The van der Waals surface area contributed by atoms with Crippen molar-refractivity contribution in [3.63, 3.8) is 0 Å². The molecule has 0 aliphatic carbocycles. The minimum atomic E-state index is 0.158. The third kappa shape index (κ3) is 8.56. The van der Waals surface area contributed by atoms with E-state index in [0.29, 0.717) is 0 Å². The molecule has 0 aromatic heterocycles. The fourth-order valence-electron chi connectivity index (χ4n) is 2.14. The Hall–Kier alpha value is -1.60. The first kappa shape index (κ1) is 21.4. The molecule has 128 valence electrons. The largest absolute Gasteiger partial charge is 0.290 e. The van der Waals surface area contributed by atoms with Gasteiger partial charge in [0, 0.05) is 18.6 Å². The van der Waals surface area contributed by atoms with Gasteiger partial charge in [0.1, 0.15) is 0 Å². The van der Waals surface area contributed by atoms with E-state index in [0.717, 1.165) is 13.1 Å². The molecular formula is C22H35N. The van der Waals surface area contributed by atoms with Gasteiger partial charge in [-0.25, -0.2) is 0 Å². The van der Waals surface area contributed by atoms with Gasteiger partial charge in [-0.3, -0.25) is 4.90 Å². The Morgan fingerprint density at radius 1 is 0.609 bits per heavy atom. The van der Waals surface area contributed by atoms with Crippen molar-refractivity contribution in [1.82, 2.24) is 4.90 Å². The second kappa shape index (κ2) is 11.9. The van der Waals surface area contributed by atoms with Crippen molar-refractivity contribution in [3.8, 4) is 0 Å². The Morgan fingerprint density at radius 3 is 1.17 bits per heavy atom. The molecule has 0 N–H and O–H groups in total. The van der Waals surface area contributed by atoms with Crippen LogP contribution >= 0.6 is 0 Å².